The summed E-state index contributed by atoms with van der Waals surface area (Å²) in [6.45, 7) is 2.02. The largest absolute Gasteiger partial charge is 0.454 e. The number of amides is 1. The Balaban J connectivity index is 1.66. The number of hydrogen-bond donors (Lipinski definition) is 2. The third-order valence-corrected chi connectivity index (χ3v) is 3.31. The first-order chi connectivity index (χ1) is 8.83. The Kier molecular flexibility index (Phi) is 3.06. The molecule has 0 aromatic heterocycles. The van der Waals surface area contributed by atoms with Crippen molar-refractivity contribution in [2.75, 3.05) is 25.2 Å². The minimum absolute atomic E-state index is 0.0594. The summed E-state index contributed by atoms with van der Waals surface area (Å²) in [6, 6.07) is 5.45. The summed E-state index contributed by atoms with van der Waals surface area (Å²) in [7, 11) is 0. The van der Waals surface area contributed by atoms with Crippen LogP contribution in [0.15, 0.2) is 18.2 Å². The van der Waals surface area contributed by atoms with Gasteiger partial charge in [0.25, 0.3) is 0 Å². The number of carbonyl (C=O) groups is 1. The normalized spacial score (nSPS) is 21.7. The summed E-state index contributed by atoms with van der Waals surface area (Å²) in [6.07, 6.45) is 2.00. The van der Waals surface area contributed by atoms with E-state index in [9.17, 15) is 4.79 Å². The van der Waals surface area contributed by atoms with Crippen LogP contribution in [0.2, 0.25) is 0 Å². The van der Waals surface area contributed by atoms with E-state index in [1.807, 2.05) is 12.1 Å². The molecule has 1 aromatic carbocycles. The lowest BCUT2D eigenvalue weighted by atomic mass is 9.99. The Morgan fingerprint density at radius 1 is 1.33 bits per heavy atom. The van der Waals surface area contributed by atoms with Gasteiger partial charge >= 0.3 is 0 Å². The van der Waals surface area contributed by atoms with Gasteiger partial charge in [-0.25, -0.2) is 0 Å². The van der Waals surface area contributed by atoms with E-state index in [0.717, 1.165) is 37.4 Å². The molecule has 2 N–H and O–H groups in total. The fraction of sp³-hybridized carbons (Fsp3) is 0.462. The summed E-state index contributed by atoms with van der Waals surface area (Å²) in [5, 5.41) is 6.16. The second kappa shape index (κ2) is 4.86. The molecule has 96 valence electrons. The van der Waals surface area contributed by atoms with Crippen LogP contribution in [-0.4, -0.2) is 25.8 Å². The van der Waals surface area contributed by atoms with Gasteiger partial charge < -0.3 is 20.1 Å². The monoisotopic (exact) mass is 248 g/mol. The summed E-state index contributed by atoms with van der Waals surface area (Å²) >= 11 is 0. The van der Waals surface area contributed by atoms with E-state index in [-0.39, 0.29) is 18.6 Å². The first kappa shape index (κ1) is 11.3. The summed E-state index contributed by atoms with van der Waals surface area (Å²) in [5.74, 6) is 1.55. The van der Waals surface area contributed by atoms with Crippen LogP contribution < -0.4 is 20.1 Å². The summed E-state index contributed by atoms with van der Waals surface area (Å²) in [4.78, 5) is 12.0. The number of fused-ring (bicyclic) bond motifs is 1. The lowest BCUT2D eigenvalue weighted by Gasteiger charge is -2.21. The van der Waals surface area contributed by atoms with Gasteiger partial charge in [-0.3, -0.25) is 4.79 Å². The molecule has 0 spiro atoms. The molecule has 2 aliphatic heterocycles. The van der Waals surface area contributed by atoms with Crippen LogP contribution in [0.5, 0.6) is 11.5 Å². The van der Waals surface area contributed by atoms with Crippen molar-refractivity contribution in [3.05, 3.63) is 18.2 Å². The van der Waals surface area contributed by atoms with Crippen LogP contribution in [0.25, 0.3) is 0 Å². The van der Waals surface area contributed by atoms with Gasteiger partial charge in [-0.2, -0.15) is 0 Å². The Bertz CT molecular complexity index is 456. The van der Waals surface area contributed by atoms with Crippen molar-refractivity contribution in [2.24, 2.45) is 5.92 Å². The smallest absolute Gasteiger partial charge is 0.231 e. The van der Waals surface area contributed by atoms with Crippen molar-refractivity contribution < 1.29 is 14.3 Å². The fourth-order valence-corrected chi connectivity index (χ4v) is 2.29. The molecule has 1 fully saturated rings. The topological polar surface area (TPSA) is 59.6 Å². The predicted molar refractivity (Wildman–Crippen MR) is 66.8 cm³/mol. The number of ether oxygens (including phenoxy) is 2. The van der Waals surface area contributed by atoms with Gasteiger partial charge in [-0.15, -0.1) is 0 Å². The highest BCUT2D eigenvalue weighted by Crippen LogP contribution is 2.34. The van der Waals surface area contributed by atoms with Gasteiger partial charge in [0.2, 0.25) is 12.7 Å². The van der Waals surface area contributed by atoms with E-state index in [1.54, 1.807) is 6.07 Å². The molecule has 5 heteroatoms. The van der Waals surface area contributed by atoms with Gasteiger partial charge in [0.15, 0.2) is 11.5 Å². The highest BCUT2D eigenvalue weighted by Gasteiger charge is 2.21. The van der Waals surface area contributed by atoms with Crippen molar-refractivity contribution in [3.63, 3.8) is 0 Å². The number of hydrogen-bond acceptors (Lipinski definition) is 4. The molecular weight excluding hydrogens is 232 g/mol. The predicted octanol–water partition coefficient (Wildman–Crippen LogP) is 1.35. The Hall–Kier alpha value is -1.75. The SMILES string of the molecule is O=C(Nc1ccc2c(c1)OCO2)[C@H]1CCCNC1. The van der Waals surface area contributed by atoms with Gasteiger partial charge in [-0.05, 0) is 31.5 Å². The zero-order valence-corrected chi connectivity index (χ0v) is 10.1. The van der Waals surface area contributed by atoms with E-state index < -0.39 is 0 Å². The molecule has 1 saturated heterocycles. The van der Waals surface area contributed by atoms with Gasteiger partial charge in [0.1, 0.15) is 0 Å². The number of carbonyl (C=O) groups excluding carboxylic acids is 1. The molecule has 0 aliphatic carbocycles. The van der Waals surface area contributed by atoms with Gasteiger partial charge in [0, 0.05) is 18.3 Å². The van der Waals surface area contributed by atoms with Crippen molar-refractivity contribution in [1.82, 2.24) is 5.32 Å². The number of nitrogens with one attached hydrogen (secondary N) is 2. The Labute approximate surface area is 105 Å². The number of benzene rings is 1. The van der Waals surface area contributed by atoms with E-state index in [4.69, 9.17) is 9.47 Å². The molecule has 18 heavy (non-hydrogen) atoms. The summed E-state index contributed by atoms with van der Waals surface area (Å²) < 4.78 is 10.5. The molecule has 0 bridgehead atoms. The number of piperidine rings is 1. The third-order valence-electron chi connectivity index (χ3n) is 3.31. The minimum Gasteiger partial charge on any atom is -0.454 e. The zero-order valence-electron chi connectivity index (χ0n) is 10.1. The quantitative estimate of drug-likeness (QED) is 0.829. The van der Waals surface area contributed by atoms with Crippen LogP contribution in [0, 0.1) is 5.92 Å². The maximum atomic E-state index is 12.0. The lowest BCUT2D eigenvalue weighted by molar-refractivity contribution is -0.120. The molecule has 2 heterocycles. The second-order valence-corrected chi connectivity index (χ2v) is 4.60. The molecule has 0 saturated carbocycles. The summed E-state index contributed by atoms with van der Waals surface area (Å²) in [5.41, 5.74) is 0.759. The van der Waals surface area contributed by atoms with Crippen LogP contribution in [0.4, 0.5) is 5.69 Å². The van der Waals surface area contributed by atoms with E-state index >= 15 is 0 Å². The molecule has 3 rings (SSSR count). The van der Waals surface area contributed by atoms with E-state index in [2.05, 4.69) is 10.6 Å². The van der Waals surface area contributed by atoms with Crippen LogP contribution >= 0.6 is 0 Å². The molecule has 5 nitrogen and oxygen atoms in total. The first-order valence-electron chi connectivity index (χ1n) is 6.24. The van der Waals surface area contributed by atoms with Crippen molar-refractivity contribution in [1.29, 1.82) is 0 Å². The second-order valence-electron chi connectivity index (χ2n) is 4.60. The van der Waals surface area contributed by atoms with Crippen LogP contribution in [0.3, 0.4) is 0 Å². The Morgan fingerprint density at radius 3 is 3.06 bits per heavy atom. The van der Waals surface area contributed by atoms with Gasteiger partial charge in [0.05, 0.1) is 5.92 Å². The number of anilines is 1. The zero-order chi connectivity index (χ0) is 12.4. The lowest BCUT2D eigenvalue weighted by Crippen LogP contribution is -2.37. The number of rotatable bonds is 2. The molecule has 1 amide bonds. The maximum absolute atomic E-state index is 12.0. The minimum atomic E-state index is 0.0594. The van der Waals surface area contributed by atoms with Crippen LogP contribution in [0.1, 0.15) is 12.8 Å². The van der Waals surface area contributed by atoms with E-state index in [1.165, 1.54) is 0 Å². The molecule has 2 aliphatic rings. The Morgan fingerprint density at radius 2 is 2.22 bits per heavy atom. The third kappa shape index (κ3) is 2.26. The molecule has 0 radical (unpaired) electrons. The molecule has 0 unspecified atom stereocenters. The fourth-order valence-electron chi connectivity index (χ4n) is 2.29. The highest BCUT2D eigenvalue weighted by atomic mass is 16.7. The average Bonchev–Trinajstić information content (AvgIpc) is 2.87. The van der Waals surface area contributed by atoms with Crippen molar-refractivity contribution in [2.45, 2.75) is 12.8 Å². The molecule has 1 aromatic rings. The van der Waals surface area contributed by atoms with E-state index in [0.29, 0.717) is 5.75 Å². The molecular formula is C13H16N2O3. The standard InChI is InChI=1S/C13H16N2O3/c16-13(9-2-1-5-14-7-9)15-10-3-4-11-12(6-10)18-8-17-11/h3-4,6,9,14H,1-2,5,7-8H2,(H,15,16)/t9-/m0/s1. The molecule has 1 atom stereocenters. The van der Waals surface area contributed by atoms with Crippen molar-refractivity contribution in [3.8, 4) is 11.5 Å². The van der Waals surface area contributed by atoms with Crippen molar-refractivity contribution >= 4 is 11.6 Å². The average molecular weight is 248 g/mol. The first-order valence-corrected chi connectivity index (χ1v) is 6.24. The van der Waals surface area contributed by atoms with Gasteiger partial charge in [-0.1, -0.05) is 0 Å². The maximum Gasteiger partial charge on any atom is 0.231 e. The highest BCUT2D eigenvalue weighted by molar-refractivity contribution is 5.93. The van der Waals surface area contributed by atoms with Crippen LogP contribution in [-0.2, 0) is 4.79 Å².